The van der Waals surface area contributed by atoms with Gasteiger partial charge in [0.1, 0.15) is 12.4 Å². The number of aryl methyl sites for hydroxylation is 1. The standard InChI is InChI=1S/C17H24O3/c1-13-8-10-15(11-9-13)20-12-16(17(18)19-2)14-6-4-3-5-7-14/h8-11,14,16H,3-7,12H2,1-2H3. The summed E-state index contributed by atoms with van der Waals surface area (Å²) in [6.07, 6.45) is 5.92. The Balaban J connectivity index is 1.96. The highest BCUT2D eigenvalue weighted by Crippen LogP contribution is 2.31. The molecule has 1 aliphatic rings. The summed E-state index contributed by atoms with van der Waals surface area (Å²) in [7, 11) is 1.46. The molecular weight excluding hydrogens is 252 g/mol. The maximum absolute atomic E-state index is 12.0. The number of ether oxygens (including phenoxy) is 2. The second-order valence-corrected chi connectivity index (χ2v) is 5.65. The lowest BCUT2D eigenvalue weighted by Gasteiger charge is -2.28. The van der Waals surface area contributed by atoms with Crippen LogP contribution in [0.25, 0.3) is 0 Å². The average molecular weight is 276 g/mol. The molecule has 0 spiro atoms. The molecule has 1 aromatic carbocycles. The Morgan fingerprint density at radius 3 is 2.45 bits per heavy atom. The summed E-state index contributed by atoms with van der Waals surface area (Å²) in [4.78, 5) is 12.0. The van der Waals surface area contributed by atoms with E-state index in [4.69, 9.17) is 9.47 Å². The molecule has 1 atom stereocenters. The molecule has 0 N–H and O–H groups in total. The summed E-state index contributed by atoms with van der Waals surface area (Å²) in [6, 6.07) is 7.93. The van der Waals surface area contributed by atoms with Gasteiger partial charge in [-0.05, 0) is 37.8 Å². The lowest BCUT2D eigenvalue weighted by atomic mass is 9.80. The van der Waals surface area contributed by atoms with Crippen LogP contribution in [-0.2, 0) is 9.53 Å². The van der Waals surface area contributed by atoms with Gasteiger partial charge in [0, 0.05) is 0 Å². The van der Waals surface area contributed by atoms with Crippen molar-refractivity contribution in [3.63, 3.8) is 0 Å². The van der Waals surface area contributed by atoms with E-state index in [2.05, 4.69) is 0 Å². The third kappa shape index (κ3) is 3.99. The summed E-state index contributed by atoms with van der Waals surface area (Å²) >= 11 is 0. The molecule has 0 bridgehead atoms. The minimum absolute atomic E-state index is 0.135. The van der Waals surface area contributed by atoms with Gasteiger partial charge in [-0.25, -0.2) is 0 Å². The number of hydrogen-bond donors (Lipinski definition) is 0. The normalized spacial score (nSPS) is 17.5. The van der Waals surface area contributed by atoms with Gasteiger partial charge in [0.2, 0.25) is 0 Å². The zero-order valence-corrected chi connectivity index (χ0v) is 12.4. The van der Waals surface area contributed by atoms with E-state index in [9.17, 15) is 4.79 Å². The van der Waals surface area contributed by atoms with Crippen LogP contribution in [0.4, 0.5) is 0 Å². The first-order valence-electron chi connectivity index (χ1n) is 7.48. The molecule has 20 heavy (non-hydrogen) atoms. The maximum atomic E-state index is 12.0. The van der Waals surface area contributed by atoms with Crippen molar-refractivity contribution in [3.8, 4) is 5.75 Å². The van der Waals surface area contributed by atoms with Gasteiger partial charge in [-0.15, -0.1) is 0 Å². The fourth-order valence-electron chi connectivity index (χ4n) is 2.90. The maximum Gasteiger partial charge on any atom is 0.312 e. The van der Waals surface area contributed by atoms with Gasteiger partial charge in [0.15, 0.2) is 0 Å². The van der Waals surface area contributed by atoms with E-state index in [0.717, 1.165) is 18.6 Å². The monoisotopic (exact) mass is 276 g/mol. The molecule has 0 amide bonds. The number of benzene rings is 1. The number of rotatable bonds is 5. The summed E-state index contributed by atoms with van der Waals surface area (Å²) in [5.41, 5.74) is 1.20. The van der Waals surface area contributed by atoms with E-state index in [1.54, 1.807) is 0 Å². The molecule has 0 aliphatic heterocycles. The van der Waals surface area contributed by atoms with Crippen molar-refractivity contribution in [2.75, 3.05) is 13.7 Å². The van der Waals surface area contributed by atoms with E-state index < -0.39 is 0 Å². The Hall–Kier alpha value is -1.51. The van der Waals surface area contributed by atoms with E-state index >= 15 is 0 Å². The summed E-state index contributed by atoms with van der Waals surface area (Å²) in [5, 5.41) is 0. The van der Waals surface area contributed by atoms with Gasteiger partial charge < -0.3 is 9.47 Å². The van der Waals surface area contributed by atoms with E-state index in [1.807, 2.05) is 31.2 Å². The molecule has 1 unspecified atom stereocenters. The number of carbonyl (C=O) groups is 1. The van der Waals surface area contributed by atoms with Crippen LogP contribution in [0.3, 0.4) is 0 Å². The molecule has 1 aromatic rings. The van der Waals surface area contributed by atoms with Crippen molar-refractivity contribution in [1.82, 2.24) is 0 Å². The lowest BCUT2D eigenvalue weighted by molar-refractivity contribution is -0.149. The number of esters is 1. The SMILES string of the molecule is COC(=O)C(COc1ccc(C)cc1)C1CCCCC1. The third-order valence-electron chi connectivity index (χ3n) is 4.17. The largest absolute Gasteiger partial charge is 0.493 e. The van der Waals surface area contributed by atoms with Crippen LogP contribution >= 0.6 is 0 Å². The molecule has 0 radical (unpaired) electrons. The van der Waals surface area contributed by atoms with Crippen LogP contribution in [0.5, 0.6) is 5.75 Å². The van der Waals surface area contributed by atoms with Crippen LogP contribution in [0.1, 0.15) is 37.7 Å². The summed E-state index contributed by atoms with van der Waals surface area (Å²) in [5.74, 6) is 0.951. The second-order valence-electron chi connectivity index (χ2n) is 5.65. The zero-order valence-electron chi connectivity index (χ0n) is 12.4. The van der Waals surface area contributed by atoms with Crippen LogP contribution in [0.15, 0.2) is 24.3 Å². The fraction of sp³-hybridized carbons (Fsp3) is 0.588. The van der Waals surface area contributed by atoms with E-state index in [0.29, 0.717) is 12.5 Å². The number of carbonyl (C=O) groups excluding carboxylic acids is 1. The Kier molecular flexibility index (Phi) is 5.45. The minimum Gasteiger partial charge on any atom is -0.493 e. The number of methoxy groups -OCH3 is 1. The highest BCUT2D eigenvalue weighted by molar-refractivity contribution is 5.72. The number of hydrogen-bond acceptors (Lipinski definition) is 3. The first kappa shape index (κ1) is 14.9. The van der Waals surface area contributed by atoms with Gasteiger partial charge in [-0.1, -0.05) is 37.0 Å². The topological polar surface area (TPSA) is 35.5 Å². The van der Waals surface area contributed by atoms with Crippen molar-refractivity contribution < 1.29 is 14.3 Å². The first-order valence-corrected chi connectivity index (χ1v) is 7.48. The Bertz CT molecular complexity index is 418. The smallest absolute Gasteiger partial charge is 0.312 e. The van der Waals surface area contributed by atoms with Gasteiger partial charge in [-0.3, -0.25) is 4.79 Å². The Morgan fingerprint density at radius 2 is 1.85 bits per heavy atom. The molecule has 3 nitrogen and oxygen atoms in total. The zero-order chi connectivity index (χ0) is 14.4. The molecule has 2 rings (SSSR count). The molecule has 3 heteroatoms. The third-order valence-corrected chi connectivity index (χ3v) is 4.17. The van der Waals surface area contributed by atoms with Crippen LogP contribution in [0.2, 0.25) is 0 Å². The molecule has 1 saturated carbocycles. The predicted molar refractivity (Wildman–Crippen MR) is 78.8 cm³/mol. The van der Waals surface area contributed by atoms with Gasteiger partial charge in [0.05, 0.1) is 13.0 Å². The van der Waals surface area contributed by atoms with Crippen LogP contribution < -0.4 is 4.74 Å². The first-order chi connectivity index (χ1) is 9.70. The van der Waals surface area contributed by atoms with Gasteiger partial charge in [-0.2, -0.15) is 0 Å². The second kappa shape index (κ2) is 7.32. The Labute approximate surface area is 121 Å². The van der Waals surface area contributed by atoms with E-state index in [-0.39, 0.29) is 11.9 Å². The molecule has 0 saturated heterocycles. The minimum atomic E-state index is -0.137. The Morgan fingerprint density at radius 1 is 1.20 bits per heavy atom. The van der Waals surface area contributed by atoms with E-state index in [1.165, 1.54) is 31.9 Å². The van der Waals surface area contributed by atoms with Gasteiger partial charge in [0.25, 0.3) is 0 Å². The molecule has 1 aliphatic carbocycles. The molecule has 0 aromatic heterocycles. The fourth-order valence-corrected chi connectivity index (χ4v) is 2.90. The molecular formula is C17H24O3. The molecule has 0 heterocycles. The summed E-state index contributed by atoms with van der Waals surface area (Å²) < 4.78 is 10.8. The van der Waals surface area contributed by atoms with Crippen molar-refractivity contribution >= 4 is 5.97 Å². The van der Waals surface area contributed by atoms with Crippen molar-refractivity contribution in [3.05, 3.63) is 29.8 Å². The average Bonchev–Trinajstić information content (AvgIpc) is 2.50. The predicted octanol–water partition coefficient (Wildman–Crippen LogP) is 3.74. The molecule has 110 valence electrons. The van der Waals surface area contributed by atoms with Gasteiger partial charge >= 0.3 is 5.97 Å². The quantitative estimate of drug-likeness (QED) is 0.768. The highest BCUT2D eigenvalue weighted by Gasteiger charge is 2.31. The molecule has 1 fully saturated rings. The van der Waals surface area contributed by atoms with Crippen molar-refractivity contribution in [2.24, 2.45) is 11.8 Å². The van der Waals surface area contributed by atoms with Crippen LogP contribution in [-0.4, -0.2) is 19.7 Å². The van der Waals surface area contributed by atoms with Crippen molar-refractivity contribution in [2.45, 2.75) is 39.0 Å². The van der Waals surface area contributed by atoms with Crippen LogP contribution in [0, 0.1) is 18.8 Å². The highest BCUT2D eigenvalue weighted by atomic mass is 16.5. The summed E-state index contributed by atoms with van der Waals surface area (Å²) in [6.45, 7) is 2.46. The van der Waals surface area contributed by atoms with Crippen molar-refractivity contribution in [1.29, 1.82) is 0 Å². The lowest BCUT2D eigenvalue weighted by Crippen LogP contribution is -2.31.